The first kappa shape index (κ1) is 16.0. The van der Waals surface area contributed by atoms with Crippen molar-refractivity contribution in [2.75, 3.05) is 13.1 Å². The van der Waals surface area contributed by atoms with E-state index in [-0.39, 0.29) is 0 Å². The van der Waals surface area contributed by atoms with E-state index < -0.39 is 5.60 Å². The van der Waals surface area contributed by atoms with E-state index in [1.807, 2.05) is 36.7 Å². The summed E-state index contributed by atoms with van der Waals surface area (Å²) >= 11 is 3.23. The zero-order valence-electron chi connectivity index (χ0n) is 12.3. The van der Waals surface area contributed by atoms with Crippen LogP contribution in [0.5, 0.6) is 0 Å². The third-order valence-electron chi connectivity index (χ3n) is 3.00. The molecule has 0 radical (unpaired) electrons. The minimum Gasteiger partial charge on any atom is -0.383 e. The monoisotopic (exact) mass is 323 g/mol. The lowest BCUT2D eigenvalue weighted by Crippen LogP contribution is -2.44. The van der Waals surface area contributed by atoms with Crippen molar-refractivity contribution < 1.29 is 5.11 Å². The van der Waals surface area contributed by atoms with Crippen LogP contribution in [0.15, 0.2) is 39.3 Å². The summed E-state index contributed by atoms with van der Waals surface area (Å²) in [6.45, 7) is 5.69. The minimum atomic E-state index is -0.896. The van der Waals surface area contributed by atoms with Crippen LogP contribution in [-0.2, 0) is 12.1 Å². The Kier molecular flexibility index (Phi) is 5.78. The van der Waals surface area contributed by atoms with Crippen molar-refractivity contribution in [3.63, 3.8) is 0 Å². The van der Waals surface area contributed by atoms with Crippen LogP contribution in [0.25, 0.3) is 0 Å². The van der Waals surface area contributed by atoms with Crippen molar-refractivity contribution in [2.45, 2.75) is 26.0 Å². The molecule has 2 heterocycles. The van der Waals surface area contributed by atoms with Crippen LogP contribution in [0.4, 0.5) is 0 Å². The lowest BCUT2D eigenvalue weighted by Gasteiger charge is -2.23. The fourth-order valence-corrected chi connectivity index (χ4v) is 3.27. The predicted octanol–water partition coefficient (Wildman–Crippen LogP) is 2.77. The van der Waals surface area contributed by atoms with Gasteiger partial charge in [0.05, 0.1) is 13.1 Å². The summed E-state index contributed by atoms with van der Waals surface area (Å²) < 4.78 is 0. The van der Waals surface area contributed by atoms with Crippen molar-refractivity contribution in [1.29, 1.82) is 0 Å². The summed E-state index contributed by atoms with van der Waals surface area (Å²) in [5, 5.41) is 23.0. The average molecular weight is 323 g/mol. The lowest BCUT2D eigenvalue weighted by atomic mass is 10.1. The second-order valence-corrected chi connectivity index (χ2v) is 6.66. The SMILES string of the molecule is CCNC(=NCc1ccsc1)NCC(C)(O)c1cccs1. The van der Waals surface area contributed by atoms with Crippen molar-refractivity contribution in [1.82, 2.24) is 10.6 Å². The van der Waals surface area contributed by atoms with Gasteiger partial charge in [-0.3, -0.25) is 0 Å². The van der Waals surface area contributed by atoms with Gasteiger partial charge in [-0.1, -0.05) is 6.07 Å². The number of thiophene rings is 2. The predicted molar refractivity (Wildman–Crippen MR) is 91.0 cm³/mol. The van der Waals surface area contributed by atoms with Crippen LogP contribution in [0, 0.1) is 0 Å². The van der Waals surface area contributed by atoms with Gasteiger partial charge in [0.15, 0.2) is 5.96 Å². The van der Waals surface area contributed by atoms with Gasteiger partial charge in [-0.25, -0.2) is 4.99 Å². The number of hydrogen-bond donors (Lipinski definition) is 3. The zero-order valence-corrected chi connectivity index (χ0v) is 13.9. The smallest absolute Gasteiger partial charge is 0.191 e. The molecule has 0 aliphatic rings. The third kappa shape index (κ3) is 4.84. The van der Waals surface area contributed by atoms with E-state index in [9.17, 15) is 5.11 Å². The highest BCUT2D eigenvalue weighted by atomic mass is 32.1. The van der Waals surface area contributed by atoms with Gasteiger partial charge in [-0.2, -0.15) is 11.3 Å². The second-order valence-electron chi connectivity index (χ2n) is 4.93. The minimum absolute atomic E-state index is 0.420. The van der Waals surface area contributed by atoms with E-state index in [1.54, 1.807) is 22.7 Å². The Labute approximate surface area is 133 Å². The fourth-order valence-electron chi connectivity index (χ4n) is 1.82. The van der Waals surface area contributed by atoms with Gasteiger partial charge in [0.2, 0.25) is 0 Å². The molecule has 0 fully saturated rings. The van der Waals surface area contributed by atoms with E-state index >= 15 is 0 Å². The zero-order chi connectivity index (χ0) is 15.1. The van der Waals surface area contributed by atoms with Crippen LogP contribution >= 0.6 is 22.7 Å². The topological polar surface area (TPSA) is 56.7 Å². The molecule has 0 saturated heterocycles. The first-order valence-corrected chi connectivity index (χ1v) is 8.73. The number of nitrogens with one attached hydrogen (secondary N) is 2. The molecule has 2 rings (SSSR count). The van der Waals surface area contributed by atoms with Gasteiger partial charge in [0, 0.05) is 11.4 Å². The van der Waals surface area contributed by atoms with Crippen molar-refractivity contribution in [3.8, 4) is 0 Å². The molecule has 0 saturated carbocycles. The molecule has 114 valence electrons. The standard InChI is InChI=1S/C15H21N3OS2/c1-3-16-14(17-9-12-6-8-20-10-12)18-11-15(2,19)13-5-4-7-21-13/h4-8,10,19H,3,9,11H2,1-2H3,(H2,16,17,18). The highest BCUT2D eigenvalue weighted by Crippen LogP contribution is 2.24. The normalized spacial score (nSPS) is 14.7. The number of hydrogen-bond acceptors (Lipinski definition) is 4. The Morgan fingerprint density at radius 2 is 2.19 bits per heavy atom. The van der Waals surface area contributed by atoms with Crippen LogP contribution in [0.1, 0.15) is 24.3 Å². The molecule has 0 aromatic carbocycles. The number of aliphatic hydroxyl groups is 1. The molecule has 0 aliphatic carbocycles. The molecule has 4 nitrogen and oxygen atoms in total. The molecule has 1 unspecified atom stereocenters. The summed E-state index contributed by atoms with van der Waals surface area (Å²) in [5.74, 6) is 0.723. The van der Waals surface area contributed by atoms with Crippen LogP contribution in [-0.4, -0.2) is 24.2 Å². The molecule has 2 aromatic rings. The molecule has 3 N–H and O–H groups in total. The first-order valence-electron chi connectivity index (χ1n) is 6.91. The Morgan fingerprint density at radius 3 is 2.81 bits per heavy atom. The van der Waals surface area contributed by atoms with Crippen molar-refractivity contribution in [2.24, 2.45) is 4.99 Å². The highest BCUT2D eigenvalue weighted by molar-refractivity contribution is 7.10. The Bertz CT molecular complexity index is 548. The van der Waals surface area contributed by atoms with Crippen molar-refractivity contribution >= 4 is 28.6 Å². The van der Waals surface area contributed by atoms with Gasteiger partial charge in [0.1, 0.15) is 5.60 Å². The molecule has 6 heteroatoms. The Morgan fingerprint density at radius 1 is 1.33 bits per heavy atom. The van der Waals surface area contributed by atoms with Gasteiger partial charge in [0.25, 0.3) is 0 Å². The summed E-state index contributed by atoms with van der Waals surface area (Å²) in [7, 11) is 0. The van der Waals surface area contributed by atoms with E-state index in [4.69, 9.17) is 0 Å². The van der Waals surface area contributed by atoms with Crippen molar-refractivity contribution in [3.05, 3.63) is 44.8 Å². The molecular formula is C15H21N3OS2. The van der Waals surface area contributed by atoms with E-state index in [2.05, 4.69) is 27.1 Å². The fraction of sp³-hybridized carbons (Fsp3) is 0.400. The van der Waals surface area contributed by atoms with Crippen LogP contribution in [0.3, 0.4) is 0 Å². The first-order chi connectivity index (χ1) is 10.1. The molecule has 2 aromatic heterocycles. The van der Waals surface area contributed by atoms with Gasteiger partial charge in [-0.05, 0) is 47.7 Å². The molecule has 0 aliphatic heterocycles. The van der Waals surface area contributed by atoms with E-state index in [1.165, 1.54) is 5.56 Å². The maximum Gasteiger partial charge on any atom is 0.191 e. The molecule has 0 bridgehead atoms. The average Bonchev–Trinajstić information content (AvgIpc) is 3.14. The Hall–Kier alpha value is -1.37. The summed E-state index contributed by atoms with van der Waals surface area (Å²) in [6.07, 6.45) is 0. The highest BCUT2D eigenvalue weighted by Gasteiger charge is 2.24. The maximum absolute atomic E-state index is 10.5. The molecule has 1 atom stereocenters. The molecule has 21 heavy (non-hydrogen) atoms. The van der Waals surface area contributed by atoms with E-state index in [0.29, 0.717) is 13.1 Å². The molecule has 0 amide bonds. The number of aliphatic imine (C=N–C) groups is 1. The lowest BCUT2D eigenvalue weighted by molar-refractivity contribution is 0.0655. The van der Waals surface area contributed by atoms with Gasteiger partial charge >= 0.3 is 0 Å². The molecular weight excluding hydrogens is 302 g/mol. The third-order valence-corrected chi connectivity index (χ3v) is 4.85. The molecule has 0 spiro atoms. The maximum atomic E-state index is 10.5. The van der Waals surface area contributed by atoms with Gasteiger partial charge < -0.3 is 15.7 Å². The summed E-state index contributed by atoms with van der Waals surface area (Å²) in [5.41, 5.74) is 0.300. The largest absolute Gasteiger partial charge is 0.383 e. The quantitative estimate of drug-likeness (QED) is 0.566. The number of guanidine groups is 1. The number of nitrogens with zero attached hydrogens (tertiary/aromatic N) is 1. The second kappa shape index (κ2) is 7.59. The van der Waals surface area contributed by atoms with Gasteiger partial charge in [-0.15, -0.1) is 11.3 Å². The van der Waals surface area contributed by atoms with E-state index in [0.717, 1.165) is 17.4 Å². The van der Waals surface area contributed by atoms with Crippen LogP contribution in [0.2, 0.25) is 0 Å². The van der Waals surface area contributed by atoms with Crippen LogP contribution < -0.4 is 10.6 Å². The Balaban J connectivity index is 1.95. The number of rotatable bonds is 6. The summed E-state index contributed by atoms with van der Waals surface area (Å²) in [6, 6.07) is 5.96. The summed E-state index contributed by atoms with van der Waals surface area (Å²) in [4.78, 5) is 5.48.